The largest absolute Gasteiger partial charge is 0.495 e. The van der Waals surface area contributed by atoms with E-state index in [4.69, 9.17) is 4.74 Å². The number of rotatable bonds is 7. The molecule has 0 bridgehead atoms. The minimum Gasteiger partial charge on any atom is -0.495 e. The summed E-state index contributed by atoms with van der Waals surface area (Å²) in [5, 5.41) is 9.50. The van der Waals surface area contributed by atoms with Crippen molar-refractivity contribution in [2.45, 2.75) is 12.5 Å². The molecule has 1 aromatic carbocycles. The predicted octanol–water partition coefficient (Wildman–Crippen LogP) is 3.54. The van der Waals surface area contributed by atoms with E-state index >= 15 is 0 Å². The van der Waals surface area contributed by atoms with Crippen LogP contribution in [0.15, 0.2) is 59.6 Å². The Balaban J connectivity index is 1.81. The van der Waals surface area contributed by atoms with Gasteiger partial charge in [0.05, 0.1) is 25.3 Å². The van der Waals surface area contributed by atoms with E-state index in [1.165, 1.54) is 7.11 Å². The summed E-state index contributed by atoms with van der Waals surface area (Å²) in [6.07, 6.45) is 4.16. The zero-order valence-electron chi connectivity index (χ0n) is 15.1. The van der Waals surface area contributed by atoms with Crippen molar-refractivity contribution in [1.82, 2.24) is 9.88 Å². The molecule has 3 rings (SSSR count). The second kappa shape index (κ2) is 8.55. The molecule has 2 heterocycles. The number of hydrogen-bond acceptors (Lipinski definition) is 4. The van der Waals surface area contributed by atoms with Gasteiger partial charge in [-0.15, -0.1) is 0 Å². The Morgan fingerprint density at radius 2 is 2.00 bits per heavy atom. The van der Waals surface area contributed by atoms with Crippen LogP contribution in [0.4, 0.5) is 5.69 Å². The molecule has 0 unspecified atom stereocenters. The van der Waals surface area contributed by atoms with Gasteiger partial charge in [-0.1, -0.05) is 0 Å². The molecule has 0 aliphatic carbocycles. The highest BCUT2D eigenvalue weighted by molar-refractivity contribution is 7.08. The monoisotopic (exact) mass is 383 g/mol. The van der Waals surface area contributed by atoms with E-state index in [0.717, 1.165) is 5.56 Å². The maximum absolute atomic E-state index is 12.8. The summed E-state index contributed by atoms with van der Waals surface area (Å²) in [5.41, 5.74) is 2.01. The standard InChI is InChI=1S/C20H21N3O3S/c1-21-20(25)14-5-6-18(26-2)16(11-14)22-19(24)12-17(15-7-10-27-13-15)23-8-3-4-9-23/h3-11,13,17H,12H2,1-2H3,(H,21,25)(H,22,24)/t17-/m0/s1. The Morgan fingerprint density at radius 3 is 2.63 bits per heavy atom. The Kier molecular flexibility index (Phi) is 5.93. The lowest BCUT2D eigenvalue weighted by Gasteiger charge is -2.19. The van der Waals surface area contributed by atoms with Gasteiger partial charge in [-0.2, -0.15) is 11.3 Å². The Morgan fingerprint density at radius 1 is 1.22 bits per heavy atom. The van der Waals surface area contributed by atoms with Crippen molar-refractivity contribution in [3.05, 3.63) is 70.7 Å². The third-order valence-corrected chi connectivity index (χ3v) is 4.96. The van der Waals surface area contributed by atoms with E-state index in [1.54, 1.807) is 36.6 Å². The smallest absolute Gasteiger partial charge is 0.251 e. The number of anilines is 1. The molecule has 2 aromatic heterocycles. The lowest BCUT2D eigenvalue weighted by atomic mass is 10.1. The lowest BCUT2D eigenvalue weighted by molar-refractivity contribution is -0.116. The van der Waals surface area contributed by atoms with E-state index < -0.39 is 0 Å². The third kappa shape index (κ3) is 4.38. The van der Waals surface area contributed by atoms with Crippen LogP contribution in [0, 0.1) is 0 Å². The quantitative estimate of drug-likeness (QED) is 0.655. The lowest BCUT2D eigenvalue weighted by Crippen LogP contribution is -2.21. The number of thiophene rings is 1. The summed E-state index contributed by atoms with van der Waals surface area (Å²) in [4.78, 5) is 24.6. The molecule has 0 fully saturated rings. The zero-order valence-corrected chi connectivity index (χ0v) is 16.0. The van der Waals surface area contributed by atoms with Crippen molar-refractivity contribution in [2.24, 2.45) is 0 Å². The summed E-state index contributed by atoms with van der Waals surface area (Å²) in [5.74, 6) is 0.118. The molecule has 0 aliphatic rings. The fourth-order valence-corrected chi connectivity index (χ4v) is 3.59. The first-order valence-electron chi connectivity index (χ1n) is 8.47. The van der Waals surface area contributed by atoms with Crippen LogP contribution in [0.25, 0.3) is 0 Å². The van der Waals surface area contributed by atoms with E-state index in [-0.39, 0.29) is 24.3 Å². The normalized spacial score (nSPS) is 11.6. The average molecular weight is 383 g/mol. The van der Waals surface area contributed by atoms with Crippen molar-refractivity contribution < 1.29 is 14.3 Å². The fourth-order valence-electron chi connectivity index (χ4n) is 2.88. The Labute approximate surface area is 161 Å². The van der Waals surface area contributed by atoms with Crippen molar-refractivity contribution >= 4 is 28.8 Å². The molecule has 0 saturated heterocycles. The van der Waals surface area contributed by atoms with Gasteiger partial charge in [0.15, 0.2) is 0 Å². The van der Waals surface area contributed by atoms with Crippen LogP contribution >= 0.6 is 11.3 Å². The van der Waals surface area contributed by atoms with Gasteiger partial charge in [-0.25, -0.2) is 0 Å². The first kappa shape index (κ1) is 18.7. The topological polar surface area (TPSA) is 72.4 Å². The third-order valence-electron chi connectivity index (χ3n) is 4.26. The molecule has 1 atom stereocenters. The first-order valence-corrected chi connectivity index (χ1v) is 9.41. The van der Waals surface area contributed by atoms with Crippen molar-refractivity contribution in [2.75, 3.05) is 19.5 Å². The number of nitrogens with one attached hydrogen (secondary N) is 2. The van der Waals surface area contributed by atoms with Gasteiger partial charge in [0.1, 0.15) is 5.75 Å². The highest BCUT2D eigenvalue weighted by atomic mass is 32.1. The van der Waals surface area contributed by atoms with Gasteiger partial charge in [0.2, 0.25) is 5.91 Å². The maximum atomic E-state index is 12.8. The van der Waals surface area contributed by atoms with Gasteiger partial charge in [-0.05, 0) is 52.7 Å². The summed E-state index contributed by atoms with van der Waals surface area (Å²) in [7, 11) is 3.09. The molecule has 0 spiro atoms. The number of amides is 2. The van der Waals surface area contributed by atoms with E-state index in [9.17, 15) is 9.59 Å². The van der Waals surface area contributed by atoms with Gasteiger partial charge >= 0.3 is 0 Å². The summed E-state index contributed by atoms with van der Waals surface area (Å²) in [6, 6.07) is 10.7. The highest BCUT2D eigenvalue weighted by Crippen LogP contribution is 2.28. The Hall–Kier alpha value is -3.06. The number of aromatic nitrogens is 1. The van der Waals surface area contributed by atoms with Crippen LogP contribution in [0.1, 0.15) is 28.4 Å². The minimum atomic E-state index is -0.225. The number of methoxy groups -OCH3 is 1. The first-order chi connectivity index (χ1) is 13.1. The van der Waals surface area contributed by atoms with Gasteiger partial charge < -0.3 is 19.9 Å². The second-order valence-corrected chi connectivity index (χ2v) is 6.73. The summed E-state index contributed by atoms with van der Waals surface area (Å²) in [6.45, 7) is 0. The van der Waals surface area contributed by atoms with Crippen LogP contribution in [0.3, 0.4) is 0 Å². The number of ether oxygens (including phenoxy) is 1. The number of benzene rings is 1. The maximum Gasteiger partial charge on any atom is 0.251 e. The minimum absolute atomic E-state index is 0.0978. The molecule has 7 heteroatoms. The van der Waals surface area contributed by atoms with Crippen LogP contribution in [0.5, 0.6) is 5.75 Å². The van der Waals surface area contributed by atoms with Crippen LogP contribution in [0.2, 0.25) is 0 Å². The molecule has 27 heavy (non-hydrogen) atoms. The number of carbonyl (C=O) groups is 2. The molecule has 140 valence electrons. The van der Waals surface area contributed by atoms with Crippen molar-refractivity contribution in [3.63, 3.8) is 0 Å². The second-order valence-electron chi connectivity index (χ2n) is 5.95. The van der Waals surface area contributed by atoms with Crippen molar-refractivity contribution in [1.29, 1.82) is 0 Å². The predicted molar refractivity (Wildman–Crippen MR) is 107 cm³/mol. The van der Waals surface area contributed by atoms with Gasteiger partial charge in [-0.3, -0.25) is 9.59 Å². The molecule has 0 radical (unpaired) electrons. The zero-order chi connectivity index (χ0) is 19.2. The number of carbonyl (C=O) groups excluding carboxylic acids is 2. The fraction of sp³-hybridized carbons (Fsp3) is 0.200. The molecule has 0 saturated carbocycles. The SMILES string of the molecule is CNC(=O)c1ccc(OC)c(NC(=O)C[C@@H](c2ccsc2)n2cccc2)c1. The van der Waals surface area contributed by atoms with Gasteiger partial charge in [0.25, 0.3) is 5.91 Å². The van der Waals surface area contributed by atoms with Crippen molar-refractivity contribution in [3.8, 4) is 5.75 Å². The van der Waals surface area contributed by atoms with E-state index in [1.807, 2.05) is 45.9 Å². The van der Waals surface area contributed by atoms with Crippen LogP contribution < -0.4 is 15.4 Å². The number of nitrogens with zero attached hydrogens (tertiary/aromatic N) is 1. The van der Waals surface area contributed by atoms with Gasteiger partial charge in [0, 0.05) is 25.0 Å². The highest BCUT2D eigenvalue weighted by Gasteiger charge is 2.19. The molecular formula is C20H21N3O3S. The van der Waals surface area contributed by atoms with E-state index in [2.05, 4.69) is 10.6 Å². The molecule has 2 amide bonds. The molecule has 3 aromatic rings. The molecule has 2 N–H and O–H groups in total. The Bertz CT molecular complexity index is 870. The molecule has 0 aliphatic heterocycles. The van der Waals surface area contributed by atoms with Crippen LogP contribution in [-0.2, 0) is 4.79 Å². The number of hydrogen-bond donors (Lipinski definition) is 2. The molecular weight excluding hydrogens is 362 g/mol. The van der Waals surface area contributed by atoms with Crippen LogP contribution in [-0.4, -0.2) is 30.5 Å². The summed E-state index contributed by atoms with van der Waals surface area (Å²) >= 11 is 1.60. The molecule has 6 nitrogen and oxygen atoms in total. The van der Waals surface area contributed by atoms with E-state index in [0.29, 0.717) is 17.0 Å². The average Bonchev–Trinajstić information content (AvgIpc) is 3.39. The summed E-state index contributed by atoms with van der Waals surface area (Å²) < 4.78 is 7.33.